The van der Waals surface area contributed by atoms with Gasteiger partial charge in [0.2, 0.25) is 0 Å². The topological polar surface area (TPSA) is 56.0 Å². The number of nitrogens with one attached hydrogen (secondary N) is 1. The molecule has 0 unspecified atom stereocenters. The summed E-state index contributed by atoms with van der Waals surface area (Å²) in [7, 11) is 0. The first-order valence-electron chi connectivity index (χ1n) is 3.87. The van der Waals surface area contributed by atoms with E-state index in [-0.39, 0.29) is 0 Å². The van der Waals surface area contributed by atoms with E-state index in [1.54, 1.807) is 12.1 Å². The molecule has 1 rings (SSSR count). The minimum atomic E-state index is 0.339. The van der Waals surface area contributed by atoms with Crippen molar-refractivity contribution >= 4 is 17.3 Å². The largest absolute Gasteiger partial charge is 0.291 e. The zero-order chi connectivity index (χ0) is 10.3. The Kier molecular flexibility index (Phi) is 5.69. The lowest BCUT2D eigenvalue weighted by Gasteiger charge is -2.00. The fourth-order valence-corrected chi connectivity index (χ4v) is 0.840. The number of nitrogens with zero attached hydrogens (tertiary/aromatic N) is 1. The Bertz CT molecular complexity index is 307. The van der Waals surface area contributed by atoms with Gasteiger partial charge < -0.3 is 0 Å². The normalized spacial score (nSPS) is 7.92. The third kappa shape index (κ3) is 3.32. The van der Waals surface area contributed by atoms with Gasteiger partial charge in [-0.1, -0.05) is 25.4 Å². The summed E-state index contributed by atoms with van der Waals surface area (Å²) >= 11 is 5.62. The number of benzene rings is 1. The third-order valence-corrected chi connectivity index (χ3v) is 1.55. The van der Waals surface area contributed by atoms with Crippen molar-refractivity contribution in [2.24, 2.45) is 0 Å². The van der Waals surface area contributed by atoms with E-state index in [2.05, 4.69) is 0 Å². The molecule has 0 heterocycles. The molecule has 70 valence electrons. The number of hydrogen-bond donors (Lipinski definition) is 2. The van der Waals surface area contributed by atoms with Gasteiger partial charge in [-0.05, 0) is 18.2 Å². The summed E-state index contributed by atoms with van der Waals surface area (Å²) in [5.74, 6) is 0. The first-order chi connectivity index (χ1) is 6.27. The van der Waals surface area contributed by atoms with Gasteiger partial charge in [0.1, 0.15) is 0 Å². The summed E-state index contributed by atoms with van der Waals surface area (Å²) in [6.45, 7) is 4.00. The van der Waals surface area contributed by atoms with E-state index in [9.17, 15) is 0 Å². The molecule has 3 nitrogen and oxygen atoms in total. The second-order valence-corrected chi connectivity index (χ2v) is 2.33. The third-order valence-electron chi connectivity index (χ3n) is 1.22. The van der Waals surface area contributed by atoms with Crippen LogP contribution in [0.25, 0.3) is 0 Å². The Morgan fingerprint density at radius 3 is 2.54 bits per heavy atom. The van der Waals surface area contributed by atoms with Gasteiger partial charge in [-0.15, -0.1) is 0 Å². The van der Waals surface area contributed by atoms with Crippen molar-refractivity contribution in [3.05, 3.63) is 28.8 Å². The second-order valence-electron chi connectivity index (χ2n) is 1.92. The summed E-state index contributed by atoms with van der Waals surface area (Å²) in [4.78, 5) is 0. The number of nitriles is 1. The van der Waals surface area contributed by atoms with Crippen LogP contribution >= 0.6 is 11.6 Å². The summed E-state index contributed by atoms with van der Waals surface area (Å²) in [6, 6.07) is 6.49. The van der Waals surface area contributed by atoms with E-state index in [1.165, 1.54) is 6.07 Å². The summed E-state index contributed by atoms with van der Waals surface area (Å²) in [5.41, 5.74) is 2.68. The van der Waals surface area contributed by atoms with Crippen LogP contribution < -0.4 is 5.48 Å². The van der Waals surface area contributed by atoms with Crippen LogP contribution in [0.2, 0.25) is 5.02 Å². The van der Waals surface area contributed by atoms with Gasteiger partial charge in [0.15, 0.2) is 0 Å². The maximum Gasteiger partial charge on any atom is 0.0992 e. The Labute approximate surface area is 82.5 Å². The van der Waals surface area contributed by atoms with Crippen molar-refractivity contribution < 1.29 is 5.21 Å². The Morgan fingerprint density at radius 1 is 1.46 bits per heavy atom. The Hall–Kier alpha value is -1.24. The second kappa shape index (κ2) is 6.30. The molecular formula is C9H11ClN2O. The first kappa shape index (κ1) is 11.8. The van der Waals surface area contributed by atoms with Crippen LogP contribution in [-0.2, 0) is 0 Å². The maximum absolute atomic E-state index is 8.49. The molecular weight excluding hydrogens is 188 g/mol. The van der Waals surface area contributed by atoms with E-state index < -0.39 is 0 Å². The van der Waals surface area contributed by atoms with Crippen molar-refractivity contribution in [3.8, 4) is 6.07 Å². The van der Waals surface area contributed by atoms with Crippen LogP contribution in [0.15, 0.2) is 18.2 Å². The summed E-state index contributed by atoms with van der Waals surface area (Å²) < 4.78 is 0. The molecule has 0 amide bonds. The van der Waals surface area contributed by atoms with Gasteiger partial charge in [-0.3, -0.25) is 10.7 Å². The molecule has 0 saturated heterocycles. The molecule has 2 N–H and O–H groups in total. The molecule has 4 heteroatoms. The molecule has 13 heavy (non-hydrogen) atoms. The van der Waals surface area contributed by atoms with Crippen molar-refractivity contribution in [1.29, 1.82) is 5.26 Å². The highest BCUT2D eigenvalue weighted by Crippen LogP contribution is 2.21. The number of rotatable bonds is 1. The Morgan fingerprint density at radius 2 is 2.08 bits per heavy atom. The van der Waals surface area contributed by atoms with E-state index in [0.717, 1.165) is 0 Å². The van der Waals surface area contributed by atoms with Crippen LogP contribution in [0.3, 0.4) is 0 Å². The van der Waals surface area contributed by atoms with Crippen molar-refractivity contribution in [2.75, 3.05) is 5.48 Å². The lowest BCUT2D eigenvalue weighted by atomic mass is 10.2. The SMILES string of the molecule is CC.N#Cc1ccc(Cl)c(NO)c1. The van der Waals surface area contributed by atoms with Crippen molar-refractivity contribution in [3.63, 3.8) is 0 Å². The highest BCUT2D eigenvalue weighted by atomic mass is 35.5. The molecule has 0 aliphatic carbocycles. The maximum atomic E-state index is 8.49. The molecule has 0 fully saturated rings. The van der Waals surface area contributed by atoms with E-state index in [4.69, 9.17) is 22.1 Å². The van der Waals surface area contributed by atoms with Crippen LogP contribution in [0, 0.1) is 11.3 Å². The molecule has 0 atom stereocenters. The molecule has 0 aromatic heterocycles. The van der Waals surface area contributed by atoms with E-state index in [1.807, 2.05) is 25.4 Å². The van der Waals surface area contributed by atoms with Crippen LogP contribution in [-0.4, -0.2) is 5.21 Å². The average molecular weight is 199 g/mol. The van der Waals surface area contributed by atoms with Crippen molar-refractivity contribution in [1.82, 2.24) is 0 Å². The highest BCUT2D eigenvalue weighted by molar-refractivity contribution is 6.33. The summed E-state index contributed by atoms with van der Waals surface area (Å²) in [6.07, 6.45) is 0. The fraction of sp³-hybridized carbons (Fsp3) is 0.222. The minimum absolute atomic E-state index is 0.339. The van der Waals surface area contributed by atoms with Crippen molar-refractivity contribution in [2.45, 2.75) is 13.8 Å². The molecule has 0 aliphatic rings. The van der Waals surface area contributed by atoms with Crippen LogP contribution in [0.1, 0.15) is 19.4 Å². The average Bonchev–Trinajstić information content (AvgIpc) is 2.22. The zero-order valence-corrected chi connectivity index (χ0v) is 8.26. The highest BCUT2D eigenvalue weighted by Gasteiger charge is 1.98. The summed E-state index contributed by atoms with van der Waals surface area (Å²) in [5, 5.41) is 17.3. The standard InChI is InChI=1S/C7H5ClN2O.C2H6/c8-6-2-1-5(4-9)3-7(6)10-11;1-2/h1-3,10-11H;1-2H3. The van der Waals surface area contributed by atoms with Gasteiger partial charge >= 0.3 is 0 Å². The molecule has 0 saturated carbocycles. The van der Waals surface area contributed by atoms with E-state index in [0.29, 0.717) is 16.3 Å². The van der Waals surface area contributed by atoms with Crippen LogP contribution in [0.5, 0.6) is 0 Å². The Balaban J connectivity index is 0.000000671. The number of anilines is 1. The van der Waals surface area contributed by atoms with Gasteiger partial charge in [-0.25, -0.2) is 0 Å². The lowest BCUT2D eigenvalue weighted by molar-refractivity contribution is 0.389. The van der Waals surface area contributed by atoms with E-state index >= 15 is 0 Å². The van der Waals surface area contributed by atoms with Crippen LogP contribution in [0.4, 0.5) is 5.69 Å². The quantitative estimate of drug-likeness (QED) is 0.682. The van der Waals surface area contributed by atoms with Gasteiger partial charge in [0.25, 0.3) is 0 Å². The predicted octanol–water partition coefficient (Wildman–Crippen LogP) is 3.04. The monoisotopic (exact) mass is 198 g/mol. The molecule has 0 aliphatic heterocycles. The van der Waals surface area contributed by atoms with Gasteiger partial charge in [0.05, 0.1) is 22.3 Å². The fourth-order valence-electron chi connectivity index (χ4n) is 0.681. The smallest absolute Gasteiger partial charge is 0.0992 e. The number of hydrogen-bond acceptors (Lipinski definition) is 3. The molecule has 0 spiro atoms. The molecule has 0 radical (unpaired) electrons. The van der Waals surface area contributed by atoms with Gasteiger partial charge in [0, 0.05) is 0 Å². The lowest BCUT2D eigenvalue weighted by Crippen LogP contribution is -1.90. The number of halogens is 1. The molecule has 1 aromatic rings. The zero-order valence-electron chi connectivity index (χ0n) is 7.50. The minimum Gasteiger partial charge on any atom is -0.291 e. The molecule has 1 aromatic carbocycles. The first-order valence-corrected chi connectivity index (χ1v) is 4.25. The van der Waals surface area contributed by atoms with Gasteiger partial charge in [-0.2, -0.15) is 5.26 Å². The predicted molar refractivity (Wildman–Crippen MR) is 52.9 cm³/mol. The molecule has 0 bridgehead atoms.